The number of carbonyl (C=O) groups excluding carboxylic acids is 1. The molecule has 11 heteroatoms. The van der Waals surface area contributed by atoms with E-state index in [2.05, 4.69) is 15.2 Å². The highest BCUT2D eigenvalue weighted by atomic mass is 19.4. The Labute approximate surface area is 191 Å². The molecule has 2 aromatic heterocycles. The van der Waals surface area contributed by atoms with E-state index in [-0.39, 0.29) is 30.0 Å². The molecule has 0 unspecified atom stereocenters. The number of likely N-dealkylation sites (tertiary alicyclic amines) is 1. The van der Waals surface area contributed by atoms with Crippen molar-refractivity contribution in [3.05, 3.63) is 65.9 Å². The van der Waals surface area contributed by atoms with E-state index >= 15 is 0 Å². The molecule has 1 aliphatic carbocycles. The fourth-order valence-corrected chi connectivity index (χ4v) is 4.36. The third-order valence-corrected chi connectivity index (χ3v) is 5.84. The molecular formula is C22H19F4N5O2. The fraction of sp³-hybridized carbons (Fsp3) is 0.364. The molecule has 3 heterocycles. The lowest BCUT2D eigenvalue weighted by Crippen LogP contribution is -2.51. The van der Waals surface area contributed by atoms with Gasteiger partial charge in [-0.15, -0.1) is 4.80 Å². The highest BCUT2D eigenvalue weighted by Gasteiger charge is 2.53. The molecule has 2 aliphatic rings. The van der Waals surface area contributed by atoms with Gasteiger partial charge < -0.3 is 9.64 Å². The molecule has 1 aromatic carbocycles. The first-order valence-corrected chi connectivity index (χ1v) is 10.0. The number of aromatic nitrogens is 4. The molecule has 0 N–H and O–H groups in total. The Bertz CT molecular complexity index is 1320. The molecule has 7 nitrogen and oxygen atoms in total. The van der Waals surface area contributed by atoms with Gasteiger partial charge in [0.2, 0.25) is 5.88 Å². The monoisotopic (exact) mass is 465 g/mol. The molecule has 0 spiro atoms. The summed E-state index contributed by atoms with van der Waals surface area (Å²) in [7, 11) is 0. The van der Waals surface area contributed by atoms with E-state index in [1.165, 1.54) is 24.5 Å². The van der Waals surface area contributed by atoms with Crippen LogP contribution in [0.25, 0.3) is 5.69 Å². The number of fused-ring (bicyclic) bond motifs is 2. The fourth-order valence-electron chi connectivity index (χ4n) is 4.36. The zero-order valence-corrected chi connectivity index (χ0v) is 16.8. The number of hydrogen-bond donors (Lipinski definition) is 0. The minimum atomic E-state index is -4.59. The summed E-state index contributed by atoms with van der Waals surface area (Å²) in [5, 5.41) is 7.74. The third kappa shape index (κ3) is 3.70. The Hall–Kier alpha value is -3.50. The number of rotatable bonds is 4. The number of pyridine rings is 1. The van der Waals surface area contributed by atoms with Crippen LogP contribution in [-0.2, 0) is 6.18 Å². The van der Waals surface area contributed by atoms with Gasteiger partial charge in [-0.3, -0.25) is 4.79 Å². The van der Waals surface area contributed by atoms with Crippen LogP contribution in [0.5, 0.6) is 5.88 Å². The Kier molecular flexibility index (Phi) is 4.04. The second-order valence-corrected chi connectivity index (χ2v) is 7.79. The molecule has 5 rings (SSSR count). The molecule has 1 saturated carbocycles. The maximum Gasteiger partial charge on any atom is 0.417 e. The standard InChI is InChI=1S/C22H19F4N5O2/c1-12-13-9-17(18(10-13)33-19-6-5-14(11-27-19)22(24,25)26)30(12)21(32)15-3-2-4-16(23)20(15)31-28-7-8-29-31/h2-8,11-13,17-18H,9-10H2,1H3/t12-,13+,17-,18+/m0/s1/i1D3,12D. The van der Waals surface area contributed by atoms with Gasteiger partial charge in [-0.2, -0.15) is 23.4 Å². The average Bonchev–Trinajstić information content (AvgIpc) is 3.54. The number of alkyl halides is 3. The van der Waals surface area contributed by atoms with Crippen LogP contribution in [0.15, 0.2) is 48.9 Å². The summed E-state index contributed by atoms with van der Waals surface area (Å²) in [6.45, 7) is -2.92. The van der Waals surface area contributed by atoms with E-state index in [9.17, 15) is 22.4 Å². The van der Waals surface area contributed by atoms with Crippen LogP contribution in [0.2, 0.25) is 0 Å². The van der Waals surface area contributed by atoms with Crippen molar-refractivity contribution in [3.8, 4) is 11.6 Å². The van der Waals surface area contributed by atoms with Crippen LogP contribution in [0.4, 0.5) is 17.6 Å². The van der Waals surface area contributed by atoms with Gasteiger partial charge in [0.15, 0.2) is 5.82 Å². The van der Waals surface area contributed by atoms with Crippen molar-refractivity contribution in [2.24, 2.45) is 5.92 Å². The Balaban J connectivity index is 1.51. The number of carbonyl (C=O) groups is 1. The van der Waals surface area contributed by atoms with E-state index in [0.717, 1.165) is 27.9 Å². The minimum Gasteiger partial charge on any atom is -0.472 e. The Morgan fingerprint density at radius 2 is 2.00 bits per heavy atom. The average molecular weight is 465 g/mol. The molecule has 3 aromatic rings. The molecule has 4 atom stereocenters. The van der Waals surface area contributed by atoms with Gasteiger partial charge in [-0.25, -0.2) is 9.37 Å². The maximum atomic E-state index is 14.8. The van der Waals surface area contributed by atoms with Crippen molar-refractivity contribution in [1.82, 2.24) is 24.9 Å². The van der Waals surface area contributed by atoms with Crippen molar-refractivity contribution < 1.29 is 32.6 Å². The molecular weight excluding hydrogens is 442 g/mol. The summed E-state index contributed by atoms with van der Waals surface area (Å²) in [5.74, 6) is -2.75. The van der Waals surface area contributed by atoms with Crippen molar-refractivity contribution in [2.75, 3.05) is 0 Å². The summed E-state index contributed by atoms with van der Waals surface area (Å²) in [6.07, 6.45) is -2.11. The number of benzene rings is 1. The minimum absolute atomic E-state index is 0.0652. The quantitative estimate of drug-likeness (QED) is 0.547. The number of piperidine rings is 1. The van der Waals surface area contributed by atoms with Gasteiger partial charge in [-0.1, -0.05) is 6.07 Å². The lowest BCUT2D eigenvalue weighted by atomic mass is 9.98. The first-order valence-electron chi connectivity index (χ1n) is 12.0. The molecule has 1 saturated heterocycles. The highest BCUT2D eigenvalue weighted by molar-refractivity contribution is 5.98. The smallest absolute Gasteiger partial charge is 0.417 e. The molecule has 2 bridgehead atoms. The zero-order chi connectivity index (χ0) is 26.8. The summed E-state index contributed by atoms with van der Waals surface area (Å²) >= 11 is 0. The van der Waals surface area contributed by atoms with Crippen LogP contribution in [0.1, 0.15) is 41.1 Å². The van der Waals surface area contributed by atoms with E-state index in [0.29, 0.717) is 6.20 Å². The summed E-state index contributed by atoms with van der Waals surface area (Å²) < 4.78 is 92.3. The largest absolute Gasteiger partial charge is 0.472 e. The number of ether oxygens (including phenoxy) is 1. The lowest BCUT2D eigenvalue weighted by molar-refractivity contribution is -0.137. The molecule has 1 aliphatic heterocycles. The van der Waals surface area contributed by atoms with Crippen molar-refractivity contribution >= 4 is 5.91 Å². The summed E-state index contributed by atoms with van der Waals surface area (Å²) in [6, 6.07) is 2.20. The number of hydrogen-bond acceptors (Lipinski definition) is 5. The van der Waals surface area contributed by atoms with Crippen molar-refractivity contribution in [2.45, 2.75) is 44.0 Å². The summed E-state index contributed by atoms with van der Waals surface area (Å²) in [4.78, 5) is 19.3. The highest BCUT2D eigenvalue weighted by Crippen LogP contribution is 2.45. The van der Waals surface area contributed by atoms with Crippen LogP contribution in [0.3, 0.4) is 0 Å². The predicted molar refractivity (Wildman–Crippen MR) is 107 cm³/mol. The van der Waals surface area contributed by atoms with Gasteiger partial charge in [-0.05, 0) is 43.8 Å². The number of para-hydroxylation sites is 1. The first kappa shape index (κ1) is 17.0. The molecule has 172 valence electrons. The van der Waals surface area contributed by atoms with Gasteiger partial charge >= 0.3 is 6.18 Å². The SMILES string of the molecule is [2H]C([2H])([2H])[C@@]1([2H])[C@H]2C[C@@H](Oc3ccc(C(F)(F)F)cn3)[C@H](C2)N1C(=O)c1cccc(F)c1-n1nccn1. The van der Waals surface area contributed by atoms with Crippen LogP contribution in [0, 0.1) is 11.7 Å². The maximum absolute atomic E-state index is 14.8. The topological polar surface area (TPSA) is 73.1 Å². The van der Waals surface area contributed by atoms with E-state index < -0.39 is 54.4 Å². The van der Waals surface area contributed by atoms with Gasteiger partial charge in [0.1, 0.15) is 11.8 Å². The second-order valence-electron chi connectivity index (χ2n) is 7.79. The van der Waals surface area contributed by atoms with Crippen LogP contribution < -0.4 is 4.74 Å². The van der Waals surface area contributed by atoms with E-state index in [4.69, 9.17) is 10.2 Å². The van der Waals surface area contributed by atoms with Gasteiger partial charge in [0.05, 0.1) is 30.9 Å². The van der Waals surface area contributed by atoms with Crippen molar-refractivity contribution in [3.63, 3.8) is 0 Å². The van der Waals surface area contributed by atoms with E-state index in [1.807, 2.05) is 0 Å². The predicted octanol–water partition coefficient (Wildman–Crippen LogP) is 3.89. The second kappa shape index (κ2) is 7.82. The number of nitrogens with zero attached hydrogens (tertiary/aromatic N) is 5. The van der Waals surface area contributed by atoms with Gasteiger partial charge in [0.25, 0.3) is 5.91 Å². The number of amides is 1. The van der Waals surface area contributed by atoms with Crippen molar-refractivity contribution in [1.29, 1.82) is 0 Å². The third-order valence-electron chi connectivity index (χ3n) is 5.84. The molecule has 1 amide bonds. The van der Waals surface area contributed by atoms with Crippen LogP contribution in [-0.4, -0.2) is 48.9 Å². The molecule has 2 fully saturated rings. The molecule has 33 heavy (non-hydrogen) atoms. The Morgan fingerprint density at radius 3 is 2.67 bits per heavy atom. The normalized spacial score (nSPS) is 28.7. The number of halogens is 4. The molecule has 0 radical (unpaired) electrons. The van der Waals surface area contributed by atoms with E-state index in [1.54, 1.807) is 0 Å². The Morgan fingerprint density at radius 1 is 1.21 bits per heavy atom. The lowest BCUT2D eigenvalue weighted by Gasteiger charge is -2.38. The first-order chi connectivity index (χ1) is 17.3. The zero-order valence-electron chi connectivity index (χ0n) is 20.8. The van der Waals surface area contributed by atoms with Crippen LogP contribution >= 0.6 is 0 Å². The summed E-state index contributed by atoms with van der Waals surface area (Å²) in [5.41, 5.74) is -1.53. The van der Waals surface area contributed by atoms with Gasteiger partial charge in [0, 0.05) is 22.4 Å².